The van der Waals surface area contributed by atoms with Crippen LogP contribution in [0.25, 0.3) is 0 Å². The fraction of sp³-hybridized carbons (Fsp3) is 0.500. The molecular formula is C14H20N2O2. The highest BCUT2D eigenvalue weighted by molar-refractivity contribution is 5.70. The van der Waals surface area contributed by atoms with Gasteiger partial charge in [0.1, 0.15) is 5.60 Å². The lowest BCUT2D eigenvalue weighted by molar-refractivity contribution is 0.0339. The van der Waals surface area contributed by atoms with Gasteiger partial charge in [-0.15, -0.1) is 0 Å². The minimum Gasteiger partial charge on any atom is -0.443 e. The molecule has 18 heavy (non-hydrogen) atoms. The third-order valence-corrected chi connectivity index (χ3v) is 2.71. The van der Waals surface area contributed by atoms with E-state index in [4.69, 9.17) is 4.74 Å². The number of allylic oxidation sites excluding steroid dienone is 2. The highest BCUT2D eigenvalue weighted by Crippen LogP contribution is 2.17. The van der Waals surface area contributed by atoms with Gasteiger partial charge in [0.05, 0.1) is 6.04 Å². The van der Waals surface area contributed by atoms with Crippen LogP contribution in [0.5, 0.6) is 0 Å². The molecule has 1 N–H and O–H groups in total. The number of nitrogens with one attached hydrogen (secondary N) is 1. The first-order valence-electron chi connectivity index (χ1n) is 6.25. The van der Waals surface area contributed by atoms with E-state index in [1.165, 1.54) is 0 Å². The van der Waals surface area contributed by atoms with Gasteiger partial charge in [-0.3, -0.25) is 4.90 Å². The van der Waals surface area contributed by atoms with Crippen LogP contribution in [-0.2, 0) is 4.74 Å². The molecule has 4 heteroatoms. The molecule has 1 heterocycles. The summed E-state index contributed by atoms with van der Waals surface area (Å²) in [7, 11) is 0. The highest BCUT2D eigenvalue weighted by atomic mass is 16.6. The predicted octanol–water partition coefficient (Wildman–Crippen LogP) is 2.21. The van der Waals surface area contributed by atoms with Crippen LogP contribution in [0, 0.1) is 0 Å². The summed E-state index contributed by atoms with van der Waals surface area (Å²) in [6, 6.07) is 0.197. The van der Waals surface area contributed by atoms with Crippen molar-refractivity contribution in [1.29, 1.82) is 0 Å². The molecule has 0 spiro atoms. The lowest BCUT2D eigenvalue weighted by Crippen LogP contribution is -2.36. The van der Waals surface area contributed by atoms with E-state index in [-0.39, 0.29) is 12.1 Å². The zero-order valence-electron chi connectivity index (χ0n) is 11.1. The van der Waals surface area contributed by atoms with E-state index in [9.17, 15) is 4.79 Å². The van der Waals surface area contributed by atoms with Crippen LogP contribution in [0.4, 0.5) is 4.79 Å². The summed E-state index contributed by atoms with van der Waals surface area (Å²) in [5, 5.41) is 3.38. The van der Waals surface area contributed by atoms with Crippen LogP contribution in [0.2, 0.25) is 0 Å². The Morgan fingerprint density at radius 2 is 2.22 bits per heavy atom. The lowest BCUT2D eigenvalue weighted by Gasteiger charge is -2.24. The highest BCUT2D eigenvalue weighted by Gasteiger charge is 2.24. The van der Waals surface area contributed by atoms with Gasteiger partial charge in [-0.2, -0.15) is 0 Å². The molecule has 0 saturated heterocycles. The Morgan fingerprint density at radius 3 is 2.94 bits per heavy atom. The van der Waals surface area contributed by atoms with Crippen molar-refractivity contribution in [3.63, 3.8) is 0 Å². The number of amides is 1. The van der Waals surface area contributed by atoms with Crippen molar-refractivity contribution in [2.45, 2.75) is 32.4 Å². The second-order valence-corrected chi connectivity index (χ2v) is 5.48. The minimum absolute atomic E-state index is 0.197. The standard InChI is InChI=1S/C14H20N2O2/c1-14(2,3)18-13(17)16-9-8-15-12-7-5-4-6-11(12)10-16/h4-7,10,12,15H,8-9H2,1-3H3. The first-order valence-corrected chi connectivity index (χ1v) is 6.25. The largest absolute Gasteiger partial charge is 0.443 e. The Bertz CT molecular complexity index is 416. The summed E-state index contributed by atoms with van der Waals surface area (Å²) in [6.45, 7) is 7.00. The Hall–Kier alpha value is -1.55. The summed E-state index contributed by atoms with van der Waals surface area (Å²) >= 11 is 0. The Balaban J connectivity index is 2.12. The van der Waals surface area contributed by atoms with Crippen LogP contribution < -0.4 is 5.32 Å². The summed E-state index contributed by atoms with van der Waals surface area (Å²) in [5.74, 6) is 0. The molecule has 0 aromatic carbocycles. The lowest BCUT2D eigenvalue weighted by atomic mass is 10.0. The maximum absolute atomic E-state index is 12.0. The maximum Gasteiger partial charge on any atom is 0.414 e. The number of hydrogen-bond donors (Lipinski definition) is 1. The quantitative estimate of drug-likeness (QED) is 0.714. The third-order valence-electron chi connectivity index (χ3n) is 2.71. The van der Waals surface area contributed by atoms with Crippen molar-refractivity contribution in [1.82, 2.24) is 10.2 Å². The van der Waals surface area contributed by atoms with Gasteiger partial charge in [-0.1, -0.05) is 24.3 Å². The SMILES string of the molecule is CC(C)(C)OC(=O)N1C=C2C=CC=CC2NCC1. The summed E-state index contributed by atoms with van der Waals surface area (Å²) in [5.41, 5.74) is 0.623. The predicted molar refractivity (Wildman–Crippen MR) is 71.1 cm³/mol. The van der Waals surface area contributed by atoms with Gasteiger partial charge in [-0.05, 0) is 26.3 Å². The number of nitrogens with zero attached hydrogens (tertiary/aromatic N) is 1. The fourth-order valence-corrected chi connectivity index (χ4v) is 1.92. The molecule has 1 aliphatic carbocycles. The van der Waals surface area contributed by atoms with E-state index < -0.39 is 5.60 Å². The van der Waals surface area contributed by atoms with E-state index in [0.29, 0.717) is 6.54 Å². The van der Waals surface area contributed by atoms with Gasteiger partial charge in [-0.25, -0.2) is 4.79 Å². The molecule has 0 bridgehead atoms. The smallest absolute Gasteiger partial charge is 0.414 e. The molecule has 0 fully saturated rings. The normalized spacial score (nSPS) is 23.2. The van der Waals surface area contributed by atoms with Crippen molar-refractivity contribution in [3.8, 4) is 0 Å². The average molecular weight is 248 g/mol. The van der Waals surface area contributed by atoms with Crippen molar-refractivity contribution in [2.24, 2.45) is 0 Å². The number of fused-ring (bicyclic) bond motifs is 1. The van der Waals surface area contributed by atoms with E-state index in [0.717, 1.165) is 12.1 Å². The molecule has 2 rings (SSSR count). The van der Waals surface area contributed by atoms with Crippen LogP contribution in [0.15, 0.2) is 36.1 Å². The number of hydrogen-bond acceptors (Lipinski definition) is 3. The molecule has 2 aliphatic rings. The monoisotopic (exact) mass is 248 g/mol. The topological polar surface area (TPSA) is 41.6 Å². The van der Waals surface area contributed by atoms with Crippen molar-refractivity contribution in [3.05, 3.63) is 36.1 Å². The molecule has 0 radical (unpaired) electrons. The first-order chi connectivity index (χ1) is 8.46. The van der Waals surface area contributed by atoms with Crippen LogP contribution in [-0.4, -0.2) is 35.7 Å². The van der Waals surface area contributed by atoms with Crippen molar-refractivity contribution < 1.29 is 9.53 Å². The molecule has 1 unspecified atom stereocenters. The summed E-state index contributed by atoms with van der Waals surface area (Å²) in [6.07, 6.45) is 9.67. The van der Waals surface area contributed by atoms with E-state index in [1.807, 2.05) is 45.2 Å². The Morgan fingerprint density at radius 1 is 1.44 bits per heavy atom. The van der Waals surface area contributed by atoms with Crippen LogP contribution in [0.1, 0.15) is 20.8 Å². The molecule has 1 amide bonds. The average Bonchev–Trinajstić information content (AvgIpc) is 2.48. The number of rotatable bonds is 0. The molecule has 1 atom stereocenters. The zero-order chi connectivity index (χ0) is 13.2. The number of ether oxygens (including phenoxy) is 1. The molecule has 98 valence electrons. The maximum atomic E-state index is 12.0. The van der Waals surface area contributed by atoms with Crippen molar-refractivity contribution >= 4 is 6.09 Å². The van der Waals surface area contributed by atoms with Crippen molar-refractivity contribution in [2.75, 3.05) is 13.1 Å². The molecule has 1 aliphatic heterocycles. The molecule has 0 aromatic heterocycles. The Labute approximate surface area is 108 Å². The molecule has 0 aromatic rings. The molecular weight excluding hydrogens is 228 g/mol. The van der Waals surface area contributed by atoms with Gasteiger partial charge in [0, 0.05) is 19.3 Å². The number of carbonyl (C=O) groups excluding carboxylic acids is 1. The van der Waals surface area contributed by atoms with Gasteiger partial charge in [0.2, 0.25) is 0 Å². The van der Waals surface area contributed by atoms with Gasteiger partial charge in [0.15, 0.2) is 0 Å². The number of carbonyl (C=O) groups is 1. The van der Waals surface area contributed by atoms with Gasteiger partial charge < -0.3 is 10.1 Å². The van der Waals surface area contributed by atoms with E-state index in [1.54, 1.807) is 4.90 Å². The zero-order valence-corrected chi connectivity index (χ0v) is 11.1. The van der Waals surface area contributed by atoms with Gasteiger partial charge in [0.25, 0.3) is 0 Å². The second kappa shape index (κ2) is 4.98. The van der Waals surface area contributed by atoms with Crippen LogP contribution >= 0.6 is 0 Å². The molecule has 0 saturated carbocycles. The summed E-state index contributed by atoms with van der Waals surface area (Å²) < 4.78 is 5.38. The van der Waals surface area contributed by atoms with Gasteiger partial charge >= 0.3 is 6.09 Å². The second-order valence-electron chi connectivity index (χ2n) is 5.48. The fourth-order valence-electron chi connectivity index (χ4n) is 1.92. The van der Waals surface area contributed by atoms with E-state index >= 15 is 0 Å². The van der Waals surface area contributed by atoms with Crippen LogP contribution in [0.3, 0.4) is 0 Å². The Kier molecular flexibility index (Phi) is 3.57. The minimum atomic E-state index is -0.461. The molecule has 4 nitrogen and oxygen atoms in total. The first kappa shape index (κ1) is 12.9. The van der Waals surface area contributed by atoms with E-state index in [2.05, 4.69) is 11.4 Å². The third kappa shape index (κ3) is 3.23. The summed E-state index contributed by atoms with van der Waals surface area (Å²) in [4.78, 5) is 13.7.